The van der Waals surface area contributed by atoms with Crippen LogP contribution in [-0.2, 0) is 0 Å². The van der Waals surface area contributed by atoms with Crippen LogP contribution in [0.25, 0.3) is 0 Å². The zero-order valence-corrected chi connectivity index (χ0v) is 12.3. The standard InChI is InChI=1S/C15H31N3/c1-14(2)16-7-3-4-8-17-9-11-18(12-10-17)13-15-5-6-15/h14-16H,3-13H2,1-2H3. The summed E-state index contributed by atoms with van der Waals surface area (Å²) in [7, 11) is 0. The Bertz CT molecular complexity index is 218. The second kappa shape index (κ2) is 7.46. The molecule has 0 radical (unpaired) electrons. The molecule has 0 aromatic heterocycles. The minimum absolute atomic E-state index is 0.635. The summed E-state index contributed by atoms with van der Waals surface area (Å²) in [6.07, 6.45) is 5.65. The second-order valence-corrected chi connectivity index (χ2v) is 6.40. The lowest BCUT2D eigenvalue weighted by atomic mass is 10.2. The monoisotopic (exact) mass is 253 g/mol. The molecule has 1 aliphatic heterocycles. The summed E-state index contributed by atoms with van der Waals surface area (Å²) in [5, 5.41) is 3.49. The van der Waals surface area contributed by atoms with Gasteiger partial charge in [-0.05, 0) is 44.7 Å². The van der Waals surface area contributed by atoms with Crippen LogP contribution >= 0.6 is 0 Å². The zero-order valence-electron chi connectivity index (χ0n) is 12.3. The summed E-state index contributed by atoms with van der Waals surface area (Å²) in [5.41, 5.74) is 0. The van der Waals surface area contributed by atoms with Crippen molar-refractivity contribution in [2.24, 2.45) is 5.92 Å². The summed E-state index contributed by atoms with van der Waals surface area (Å²) < 4.78 is 0. The summed E-state index contributed by atoms with van der Waals surface area (Å²) >= 11 is 0. The van der Waals surface area contributed by atoms with Gasteiger partial charge in [0.25, 0.3) is 0 Å². The van der Waals surface area contributed by atoms with Crippen molar-refractivity contribution in [2.45, 2.75) is 45.6 Å². The van der Waals surface area contributed by atoms with Crippen LogP contribution < -0.4 is 5.32 Å². The fourth-order valence-corrected chi connectivity index (χ4v) is 2.71. The van der Waals surface area contributed by atoms with E-state index in [1.54, 1.807) is 0 Å². The number of unbranched alkanes of at least 4 members (excludes halogenated alkanes) is 1. The first-order chi connectivity index (χ1) is 8.74. The fraction of sp³-hybridized carbons (Fsp3) is 1.00. The number of nitrogens with one attached hydrogen (secondary N) is 1. The quantitative estimate of drug-likeness (QED) is 0.665. The highest BCUT2D eigenvalue weighted by Gasteiger charge is 2.26. The Morgan fingerprint density at radius 2 is 1.67 bits per heavy atom. The van der Waals surface area contributed by atoms with Gasteiger partial charge in [-0.1, -0.05) is 13.8 Å². The third kappa shape index (κ3) is 5.68. The molecule has 0 spiro atoms. The molecule has 0 aromatic carbocycles. The van der Waals surface area contributed by atoms with Crippen molar-refractivity contribution in [1.82, 2.24) is 15.1 Å². The van der Waals surface area contributed by atoms with E-state index in [1.807, 2.05) is 0 Å². The van der Waals surface area contributed by atoms with Crippen molar-refractivity contribution in [3.8, 4) is 0 Å². The SMILES string of the molecule is CC(C)NCCCCN1CCN(CC2CC2)CC1. The average Bonchev–Trinajstić information content (AvgIpc) is 3.14. The van der Waals surface area contributed by atoms with Crippen LogP contribution in [0, 0.1) is 5.92 Å². The van der Waals surface area contributed by atoms with Gasteiger partial charge in [0.05, 0.1) is 0 Å². The van der Waals surface area contributed by atoms with E-state index in [1.165, 1.54) is 71.5 Å². The lowest BCUT2D eigenvalue weighted by Gasteiger charge is -2.34. The van der Waals surface area contributed by atoms with Gasteiger partial charge in [0.15, 0.2) is 0 Å². The van der Waals surface area contributed by atoms with E-state index in [4.69, 9.17) is 0 Å². The first-order valence-corrected chi connectivity index (χ1v) is 7.92. The zero-order chi connectivity index (χ0) is 12.8. The molecule has 18 heavy (non-hydrogen) atoms. The fourth-order valence-electron chi connectivity index (χ4n) is 2.71. The summed E-state index contributed by atoms with van der Waals surface area (Å²) in [6.45, 7) is 13.5. The van der Waals surface area contributed by atoms with Crippen LogP contribution in [0.5, 0.6) is 0 Å². The van der Waals surface area contributed by atoms with Gasteiger partial charge in [-0.25, -0.2) is 0 Å². The van der Waals surface area contributed by atoms with Crippen LogP contribution in [0.1, 0.15) is 39.5 Å². The van der Waals surface area contributed by atoms with Gasteiger partial charge < -0.3 is 15.1 Å². The summed E-state index contributed by atoms with van der Waals surface area (Å²) in [6, 6.07) is 0.635. The largest absolute Gasteiger partial charge is 0.315 e. The molecule has 1 saturated carbocycles. The van der Waals surface area contributed by atoms with Crippen molar-refractivity contribution >= 4 is 0 Å². The summed E-state index contributed by atoms with van der Waals surface area (Å²) in [5.74, 6) is 1.05. The molecule has 1 saturated heterocycles. The molecule has 2 aliphatic rings. The van der Waals surface area contributed by atoms with Crippen LogP contribution in [-0.4, -0.2) is 61.7 Å². The van der Waals surface area contributed by atoms with Crippen molar-refractivity contribution < 1.29 is 0 Å². The van der Waals surface area contributed by atoms with E-state index in [0.29, 0.717) is 6.04 Å². The van der Waals surface area contributed by atoms with Crippen LogP contribution in [0.15, 0.2) is 0 Å². The average molecular weight is 253 g/mol. The molecule has 106 valence electrons. The molecule has 2 rings (SSSR count). The lowest BCUT2D eigenvalue weighted by molar-refractivity contribution is 0.127. The molecule has 2 fully saturated rings. The molecule has 1 N–H and O–H groups in total. The molecular weight excluding hydrogens is 222 g/mol. The molecule has 0 aromatic rings. The normalized spacial score (nSPS) is 22.8. The van der Waals surface area contributed by atoms with Gasteiger partial charge in [-0.3, -0.25) is 0 Å². The molecule has 0 atom stereocenters. The molecule has 3 nitrogen and oxygen atoms in total. The van der Waals surface area contributed by atoms with Gasteiger partial charge >= 0.3 is 0 Å². The Kier molecular flexibility index (Phi) is 5.93. The Morgan fingerprint density at radius 3 is 2.28 bits per heavy atom. The first-order valence-electron chi connectivity index (χ1n) is 7.92. The van der Waals surface area contributed by atoms with Crippen LogP contribution in [0.2, 0.25) is 0 Å². The molecule has 0 amide bonds. The Labute approximate surface area is 113 Å². The molecule has 0 bridgehead atoms. The highest BCUT2D eigenvalue weighted by Crippen LogP contribution is 2.29. The maximum atomic E-state index is 3.49. The van der Waals surface area contributed by atoms with Crippen LogP contribution in [0.4, 0.5) is 0 Å². The Morgan fingerprint density at radius 1 is 1.00 bits per heavy atom. The van der Waals surface area contributed by atoms with E-state index >= 15 is 0 Å². The van der Waals surface area contributed by atoms with Gasteiger partial charge in [-0.2, -0.15) is 0 Å². The first kappa shape index (κ1) is 14.3. The minimum Gasteiger partial charge on any atom is -0.315 e. The second-order valence-electron chi connectivity index (χ2n) is 6.40. The van der Waals surface area contributed by atoms with Gasteiger partial charge in [0.1, 0.15) is 0 Å². The molecule has 0 unspecified atom stereocenters. The van der Waals surface area contributed by atoms with E-state index in [-0.39, 0.29) is 0 Å². The molecule has 1 heterocycles. The highest BCUT2D eigenvalue weighted by molar-refractivity contribution is 4.80. The highest BCUT2D eigenvalue weighted by atomic mass is 15.3. The Hall–Kier alpha value is -0.120. The predicted molar refractivity (Wildman–Crippen MR) is 78.0 cm³/mol. The van der Waals surface area contributed by atoms with Crippen molar-refractivity contribution in [2.75, 3.05) is 45.8 Å². The third-order valence-electron chi connectivity index (χ3n) is 4.13. The number of piperazine rings is 1. The molecule has 3 heteroatoms. The molecular formula is C15H31N3. The number of rotatable bonds is 8. The van der Waals surface area contributed by atoms with Crippen molar-refractivity contribution in [3.05, 3.63) is 0 Å². The van der Waals surface area contributed by atoms with E-state index in [2.05, 4.69) is 29.0 Å². The number of hydrogen-bond acceptors (Lipinski definition) is 3. The third-order valence-corrected chi connectivity index (χ3v) is 4.13. The predicted octanol–water partition coefficient (Wildman–Crippen LogP) is 1.79. The topological polar surface area (TPSA) is 18.5 Å². The molecule has 1 aliphatic carbocycles. The van der Waals surface area contributed by atoms with E-state index in [9.17, 15) is 0 Å². The Balaban J connectivity index is 1.45. The van der Waals surface area contributed by atoms with Gasteiger partial charge in [0, 0.05) is 38.8 Å². The minimum atomic E-state index is 0.635. The van der Waals surface area contributed by atoms with Crippen LogP contribution in [0.3, 0.4) is 0 Å². The smallest absolute Gasteiger partial charge is 0.0110 e. The summed E-state index contributed by atoms with van der Waals surface area (Å²) in [4.78, 5) is 5.33. The van der Waals surface area contributed by atoms with E-state index in [0.717, 1.165) is 5.92 Å². The van der Waals surface area contributed by atoms with Crippen molar-refractivity contribution in [1.29, 1.82) is 0 Å². The van der Waals surface area contributed by atoms with Crippen molar-refractivity contribution in [3.63, 3.8) is 0 Å². The van der Waals surface area contributed by atoms with Gasteiger partial charge in [-0.15, -0.1) is 0 Å². The lowest BCUT2D eigenvalue weighted by Crippen LogP contribution is -2.47. The number of hydrogen-bond donors (Lipinski definition) is 1. The van der Waals surface area contributed by atoms with Gasteiger partial charge in [0.2, 0.25) is 0 Å². The van der Waals surface area contributed by atoms with E-state index < -0.39 is 0 Å². The number of nitrogens with zero attached hydrogens (tertiary/aromatic N) is 2. The maximum Gasteiger partial charge on any atom is 0.0110 e. The maximum absolute atomic E-state index is 3.49.